The van der Waals surface area contributed by atoms with Crippen molar-refractivity contribution in [3.8, 4) is 17.2 Å². The van der Waals surface area contributed by atoms with Crippen LogP contribution in [0.2, 0.25) is 5.02 Å². The number of nitrogens with two attached hydrogens (primary N) is 1. The fourth-order valence-corrected chi connectivity index (χ4v) is 3.33. The maximum Gasteiger partial charge on any atom is 0.286 e. The molecule has 1 aliphatic rings. The van der Waals surface area contributed by atoms with Crippen molar-refractivity contribution in [2.75, 3.05) is 20.3 Å². The number of amidine groups is 1. The van der Waals surface area contributed by atoms with E-state index < -0.39 is 0 Å². The van der Waals surface area contributed by atoms with Gasteiger partial charge in [-0.3, -0.25) is 4.79 Å². The summed E-state index contributed by atoms with van der Waals surface area (Å²) in [6, 6.07) is 12.8. The largest absolute Gasteiger partial charge is 0.493 e. The normalized spacial score (nSPS) is 14.9. The van der Waals surface area contributed by atoms with Gasteiger partial charge >= 0.3 is 0 Å². The molecular weight excluding hydrogens is 400 g/mol. The number of nitrogens with zero attached hydrogens (tertiary/aromatic N) is 1. The lowest BCUT2D eigenvalue weighted by Crippen LogP contribution is -2.06. The number of ether oxygens (including phenoxy) is 3. The highest BCUT2D eigenvalue weighted by Crippen LogP contribution is 2.32. The number of amides is 1. The van der Waals surface area contributed by atoms with E-state index in [-0.39, 0.29) is 11.1 Å². The summed E-state index contributed by atoms with van der Waals surface area (Å²) in [4.78, 5) is 15.9. The summed E-state index contributed by atoms with van der Waals surface area (Å²) in [5.74, 6) is 1.51. The SMILES string of the molecule is COc1cc(/C=C2\SC(N)=NC2=O)ccc1OCCCOc1ccccc1Cl. The van der Waals surface area contributed by atoms with Gasteiger partial charge in [0.15, 0.2) is 16.7 Å². The van der Waals surface area contributed by atoms with Gasteiger partial charge in [-0.15, -0.1) is 0 Å². The smallest absolute Gasteiger partial charge is 0.286 e. The minimum Gasteiger partial charge on any atom is -0.493 e. The second-order valence-corrected chi connectivity index (χ2v) is 7.23. The third kappa shape index (κ3) is 5.21. The van der Waals surface area contributed by atoms with Gasteiger partial charge in [0, 0.05) is 6.42 Å². The Balaban J connectivity index is 1.54. The van der Waals surface area contributed by atoms with Gasteiger partial charge in [-0.1, -0.05) is 29.8 Å². The van der Waals surface area contributed by atoms with E-state index in [9.17, 15) is 4.79 Å². The summed E-state index contributed by atoms with van der Waals surface area (Å²) in [6.45, 7) is 0.941. The zero-order valence-electron chi connectivity index (χ0n) is 15.2. The molecule has 0 fully saturated rings. The number of para-hydroxylation sites is 1. The summed E-state index contributed by atoms with van der Waals surface area (Å²) < 4.78 is 16.8. The van der Waals surface area contributed by atoms with Crippen LogP contribution in [0.25, 0.3) is 6.08 Å². The van der Waals surface area contributed by atoms with Crippen molar-refractivity contribution in [1.29, 1.82) is 0 Å². The first kappa shape index (κ1) is 20.1. The number of aliphatic imine (C=N–C) groups is 1. The molecule has 0 atom stereocenters. The Labute approximate surface area is 172 Å². The van der Waals surface area contributed by atoms with Gasteiger partial charge in [0.2, 0.25) is 0 Å². The third-order valence-corrected chi connectivity index (χ3v) is 4.89. The third-order valence-electron chi connectivity index (χ3n) is 3.76. The predicted molar refractivity (Wildman–Crippen MR) is 112 cm³/mol. The monoisotopic (exact) mass is 418 g/mol. The fourth-order valence-electron chi connectivity index (χ4n) is 2.46. The molecule has 0 unspecified atom stereocenters. The lowest BCUT2D eigenvalue weighted by atomic mass is 10.2. The van der Waals surface area contributed by atoms with Crippen LogP contribution in [0, 0.1) is 0 Å². The molecule has 1 aliphatic heterocycles. The first-order chi connectivity index (χ1) is 13.6. The van der Waals surface area contributed by atoms with Crippen LogP contribution in [0.15, 0.2) is 52.4 Å². The molecule has 0 bridgehead atoms. The Bertz CT molecular complexity index is 930. The van der Waals surface area contributed by atoms with Crippen LogP contribution in [-0.4, -0.2) is 31.4 Å². The Morgan fingerprint density at radius 3 is 2.54 bits per heavy atom. The zero-order chi connectivity index (χ0) is 19.9. The summed E-state index contributed by atoms with van der Waals surface area (Å²) in [6.07, 6.45) is 2.40. The molecule has 1 heterocycles. The molecule has 0 radical (unpaired) electrons. The Hall–Kier alpha value is -2.64. The average molecular weight is 419 g/mol. The van der Waals surface area contributed by atoms with Crippen molar-refractivity contribution in [2.24, 2.45) is 10.7 Å². The topological polar surface area (TPSA) is 83.1 Å². The Morgan fingerprint density at radius 2 is 1.86 bits per heavy atom. The quantitative estimate of drug-likeness (QED) is 0.512. The molecule has 0 spiro atoms. The van der Waals surface area contributed by atoms with E-state index >= 15 is 0 Å². The highest BCUT2D eigenvalue weighted by Gasteiger charge is 2.19. The van der Waals surface area contributed by atoms with E-state index in [0.717, 1.165) is 17.3 Å². The van der Waals surface area contributed by atoms with Crippen LogP contribution in [0.3, 0.4) is 0 Å². The van der Waals surface area contributed by atoms with Gasteiger partial charge in [-0.2, -0.15) is 4.99 Å². The number of thioether (sulfide) groups is 1. The first-order valence-corrected chi connectivity index (χ1v) is 9.72. The number of hydrogen-bond donors (Lipinski definition) is 1. The molecule has 2 aromatic carbocycles. The number of halogens is 1. The van der Waals surface area contributed by atoms with Crippen LogP contribution in [0.4, 0.5) is 0 Å². The second-order valence-electron chi connectivity index (χ2n) is 5.76. The molecule has 2 N–H and O–H groups in total. The molecule has 146 valence electrons. The highest BCUT2D eigenvalue weighted by molar-refractivity contribution is 8.18. The summed E-state index contributed by atoms with van der Waals surface area (Å²) >= 11 is 7.20. The summed E-state index contributed by atoms with van der Waals surface area (Å²) in [7, 11) is 1.57. The first-order valence-electron chi connectivity index (χ1n) is 8.53. The lowest BCUT2D eigenvalue weighted by Gasteiger charge is -2.12. The van der Waals surface area contributed by atoms with Crippen molar-refractivity contribution < 1.29 is 19.0 Å². The molecule has 0 saturated heterocycles. The minimum atomic E-state index is -0.333. The zero-order valence-corrected chi connectivity index (χ0v) is 16.8. The van der Waals surface area contributed by atoms with Gasteiger partial charge < -0.3 is 19.9 Å². The molecule has 2 aromatic rings. The number of rotatable bonds is 8. The van der Waals surface area contributed by atoms with Gasteiger partial charge in [0.05, 0.1) is 30.3 Å². The Morgan fingerprint density at radius 1 is 1.11 bits per heavy atom. The number of carbonyl (C=O) groups is 1. The van der Waals surface area contributed by atoms with Gasteiger partial charge in [-0.05, 0) is 47.7 Å². The van der Waals surface area contributed by atoms with E-state index in [2.05, 4.69) is 4.99 Å². The molecule has 0 saturated carbocycles. The van der Waals surface area contributed by atoms with E-state index in [0.29, 0.717) is 46.8 Å². The lowest BCUT2D eigenvalue weighted by molar-refractivity contribution is -0.113. The minimum absolute atomic E-state index is 0.252. The second kappa shape index (κ2) is 9.52. The van der Waals surface area contributed by atoms with Crippen molar-refractivity contribution >= 4 is 40.5 Å². The van der Waals surface area contributed by atoms with Crippen molar-refractivity contribution in [1.82, 2.24) is 0 Å². The standard InChI is InChI=1S/C20H19ClN2O4S/c1-25-17-11-13(12-18-19(24)23-20(22)28-18)7-8-16(17)27-10-4-9-26-15-6-3-2-5-14(15)21/h2-3,5-8,11-12H,4,9-10H2,1H3,(H2,22,23,24)/b18-12-. The maximum absolute atomic E-state index is 11.7. The molecule has 3 rings (SSSR count). The molecule has 28 heavy (non-hydrogen) atoms. The average Bonchev–Trinajstić information content (AvgIpc) is 3.00. The van der Waals surface area contributed by atoms with Gasteiger partial charge in [-0.25, -0.2) is 0 Å². The molecular formula is C20H19ClN2O4S. The van der Waals surface area contributed by atoms with Crippen molar-refractivity contribution in [2.45, 2.75) is 6.42 Å². The number of hydrogen-bond acceptors (Lipinski definition) is 6. The van der Waals surface area contributed by atoms with Crippen LogP contribution < -0.4 is 19.9 Å². The number of methoxy groups -OCH3 is 1. The fraction of sp³-hybridized carbons (Fsp3) is 0.200. The van der Waals surface area contributed by atoms with Crippen LogP contribution in [0.1, 0.15) is 12.0 Å². The Kier molecular flexibility index (Phi) is 6.84. The van der Waals surface area contributed by atoms with Crippen molar-refractivity contribution in [3.63, 3.8) is 0 Å². The summed E-state index contributed by atoms with van der Waals surface area (Å²) in [5.41, 5.74) is 6.36. The number of benzene rings is 2. The van der Waals surface area contributed by atoms with E-state index in [1.54, 1.807) is 31.4 Å². The van der Waals surface area contributed by atoms with Crippen molar-refractivity contribution in [3.05, 3.63) is 58.0 Å². The maximum atomic E-state index is 11.7. The summed E-state index contributed by atoms with van der Waals surface area (Å²) in [5, 5.41) is 0.836. The van der Waals surface area contributed by atoms with Crippen LogP contribution in [0.5, 0.6) is 17.2 Å². The molecule has 0 aliphatic carbocycles. The van der Waals surface area contributed by atoms with Crippen LogP contribution >= 0.6 is 23.4 Å². The molecule has 1 amide bonds. The van der Waals surface area contributed by atoms with E-state index in [1.165, 1.54) is 0 Å². The molecule has 8 heteroatoms. The molecule has 0 aromatic heterocycles. The highest BCUT2D eigenvalue weighted by atomic mass is 35.5. The van der Waals surface area contributed by atoms with Gasteiger partial charge in [0.1, 0.15) is 5.75 Å². The number of carbonyl (C=O) groups excluding carboxylic acids is 1. The van der Waals surface area contributed by atoms with E-state index in [1.807, 2.05) is 24.3 Å². The van der Waals surface area contributed by atoms with E-state index in [4.69, 9.17) is 31.5 Å². The van der Waals surface area contributed by atoms with Crippen LogP contribution in [-0.2, 0) is 4.79 Å². The molecule has 6 nitrogen and oxygen atoms in total. The predicted octanol–water partition coefficient (Wildman–Crippen LogP) is 4.13. The van der Waals surface area contributed by atoms with Gasteiger partial charge in [0.25, 0.3) is 5.91 Å².